The maximum Gasteiger partial charge on any atom is 0.163 e. The highest BCUT2D eigenvalue weighted by molar-refractivity contribution is 5.80. The van der Waals surface area contributed by atoms with Gasteiger partial charge in [-0.05, 0) is 24.2 Å². The van der Waals surface area contributed by atoms with Crippen LogP contribution in [0.5, 0.6) is 11.5 Å². The van der Waals surface area contributed by atoms with E-state index in [0.717, 1.165) is 22.4 Å². The molecule has 0 radical (unpaired) electrons. The molecule has 6 heteroatoms. The molecule has 126 valence electrons. The molecule has 0 unspecified atom stereocenters. The van der Waals surface area contributed by atoms with Crippen LogP contribution in [0.3, 0.4) is 0 Å². The molecule has 0 aliphatic heterocycles. The van der Waals surface area contributed by atoms with Gasteiger partial charge in [0.1, 0.15) is 11.6 Å². The van der Waals surface area contributed by atoms with Crippen molar-refractivity contribution in [2.24, 2.45) is 5.73 Å². The van der Waals surface area contributed by atoms with E-state index >= 15 is 0 Å². The molecule has 0 fully saturated rings. The van der Waals surface area contributed by atoms with E-state index in [2.05, 4.69) is 9.55 Å². The third-order valence-corrected chi connectivity index (χ3v) is 3.95. The van der Waals surface area contributed by atoms with Crippen LogP contribution in [-0.2, 0) is 13.0 Å². The van der Waals surface area contributed by atoms with Gasteiger partial charge in [-0.1, -0.05) is 12.1 Å². The smallest absolute Gasteiger partial charge is 0.163 e. The SMILES string of the molecule is COc1cc2nc(CCN)n(Cc3ccc(F)cc3)c2cc1OC. The minimum Gasteiger partial charge on any atom is -0.493 e. The zero-order valence-corrected chi connectivity index (χ0v) is 13.8. The maximum atomic E-state index is 13.1. The molecule has 0 saturated heterocycles. The lowest BCUT2D eigenvalue weighted by atomic mass is 10.2. The largest absolute Gasteiger partial charge is 0.493 e. The summed E-state index contributed by atoms with van der Waals surface area (Å²) in [7, 11) is 3.20. The van der Waals surface area contributed by atoms with Gasteiger partial charge in [0, 0.05) is 25.1 Å². The van der Waals surface area contributed by atoms with Gasteiger partial charge in [-0.3, -0.25) is 0 Å². The monoisotopic (exact) mass is 329 g/mol. The first-order valence-electron chi connectivity index (χ1n) is 7.72. The Labute approximate surface area is 139 Å². The number of imidazole rings is 1. The molecule has 3 rings (SSSR count). The van der Waals surface area contributed by atoms with Crippen LogP contribution < -0.4 is 15.2 Å². The van der Waals surface area contributed by atoms with Crippen molar-refractivity contribution in [3.63, 3.8) is 0 Å². The maximum absolute atomic E-state index is 13.1. The van der Waals surface area contributed by atoms with Crippen LogP contribution >= 0.6 is 0 Å². The van der Waals surface area contributed by atoms with Gasteiger partial charge in [0.2, 0.25) is 0 Å². The average molecular weight is 329 g/mol. The lowest BCUT2D eigenvalue weighted by Crippen LogP contribution is -2.11. The van der Waals surface area contributed by atoms with E-state index in [9.17, 15) is 4.39 Å². The summed E-state index contributed by atoms with van der Waals surface area (Å²) >= 11 is 0. The van der Waals surface area contributed by atoms with Gasteiger partial charge >= 0.3 is 0 Å². The summed E-state index contributed by atoms with van der Waals surface area (Å²) in [5.74, 6) is 1.91. The van der Waals surface area contributed by atoms with Gasteiger partial charge in [0.15, 0.2) is 11.5 Å². The highest BCUT2D eigenvalue weighted by atomic mass is 19.1. The van der Waals surface area contributed by atoms with E-state index in [-0.39, 0.29) is 5.82 Å². The lowest BCUT2D eigenvalue weighted by Gasteiger charge is -2.11. The summed E-state index contributed by atoms with van der Waals surface area (Å²) in [5, 5.41) is 0. The average Bonchev–Trinajstić information content (AvgIpc) is 2.92. The Morgan fingerprint density at radius 2 is 1.75 bits per heavy atom. The highest BCUT2D eigenvalue weighted by Crippen LogP contribution is 2.32. The predicted octanol–water partition coefficient (Wildman–Crippen LogP) is 2.74. The van der Waals surface area contributed by atoms with Crippen molar-refractivity contribution in [2.75, 3.05) is 20.8 Å². The van der Waals surface area contributed by atoms with E-state index < -0.39 is 0 Å². The fourth-order valence-electron chi connectivity index (χ4n) is 2.77. The summed E-state index contributed by atoms with van der Waals surface area (Å²) in [4.78, 5) is 4.67. The number of benzene rings is 2. The van der Waals surface area contributed by atoms with Crippen LogP contribution in [0.25, 0.3) is 11.0 Å². The van der Waals surface area contributed by atoms with Crippen LogP contribution in [0.4, 0.5) is 4.39 Å². The molecule has 0 amide bonds. The Hall–Kier alpha value is -2.60. The number of nitrogens with zero attached hydrogens (tertiary/aromatic N) is 2. The minimum atomic E-state index is -0.247. The summed E-state index contributed by atoms with van der Waals surface area (Å²) in [6, 6.07) is 10.2. The van der Waals surface area contributed by atoms with Crippen molar-refractivity contribution >= 4 is 11.0 Å². The van der Waals surface area contributed by atoms with Gasteiger partial charge in [-0.2, -0.15) is 0 Å². The number of aromatic nitrogens is 2. The molecule has 2 N–H and O–H groups in total. The van der Waals surface area contributed by atoms with E-state index in [1.54, 1.807) is 26.4 Å². The normalized spacial score (nSPS) is 11.0. The summed E-state index contributed by atoms with van der Waals surface area (Å²) in [6.45, 7) is 1.09. The second-order valence-corrected chi connectivity index (χ2v) is 5.48. The number of halogens is 1. The number of methoxy groups -OCH3 is 2. The molecular formula is C18H20FN3O2. The third kappa shape index (κ3) is 3.05. The number of rotatable bonds is 6. The Bertz CT molecular complexity index is 844. The van der Waals surface area contributed by atoms with Gasteiger partial charge in [0.05, 0.1) is 25.3 Å². The van der Waals surface area contributed by atoms with E-state index in [4.69, 9.17) is 15.2 Å². The molecule has 0 atom stereocenters. The molecule has 0 spiro atoms. The molecule has 1 heterocycles. The van der Waals surface area contributed by atoms with E-state index in [0.29, 0.717) is 31.0 Å². The highest BCUT2D eigenvalue weighted by Gasteiger charge is 2.15. The minimum absolute atomic E-state index is 0.247. The van der Waals surface area contributed by atoms with Crippen molar-refractivity contribution in [1.29, 1.82) is 0 Å². The molecule has 3 aromatic rings. The van der Waals surface area contributed by atoms with E-state index in [1.165, 1.54) is 12.1 Å². The quantitative estimate of drug-likeness (QED) is 0.755. The molecule has 1 aromatic heterocycles. The predicted molar refractivity (Wildman–Crippen MR) is 91.1 cm³/mol. The van der Waals surface area contributed by atoms with Crippen molar-refractivity contribution < 1.29 is 13.9 Å². The molecule has 0 bridgehead atoms. The summed E-state index contributed by atoms with van der Waals surface area (Å²) in [5.41, 5.74) is 8.46. The van der Waals surface area contributed by atoms with Gasteiger partial charge < -0.3 is 19.8 Å². The Morgan fingerprint density at radius 1 is 1.08 bits per heavy atom. The van der Waals surface area contributed by atoms with Crippen LogP contribution in [0.15, 0.2) is 36.4 Å². The number of nitrogens with two attached hydrogens (primary N) is 1. The molecule has 2 aromatic carbocycles. The van der Waals surface area contributed by atoms with Gasteiger partial charge in [-0.25, -0.2) is 9.37 Å². The number of hydrogen-bond acceptors (Lipinski definition) is 4. The Kier molecular flexibility index (Phi) is 4.66. The number of hydrogen-bond donors (Lipinski definition) is 1. The third-order valence-electron chi connectivity index (χ3n) is 3.95. The fraction of sp³-hybridized carbons (Fsp3) is 0.278. The second-order valence-electron chi connectivity index (χ2n) is 5.48. The first kappa shape index (κ1) is 16.3. The molecule has 0 saturated carbocycles. The molecular weight excluding hydrogens is 309 g/mol. The van der Waals surface area contributed by atoms with Crippen molar-refractivity contribution in [1.82, 2.24) is 9.55 Å². The standard InChI is InChI=1S/C18H20FN3O2/c1-23-16-9-14-15(10-17(16)24-2)22(18(21-14)7-8-20)11-12-3-5-13(19)6-4-12/h3-6,9-10H,7-8,11,20H2,1-2H3. The lowest BCUT2D eigenvalue weighted by molar-refractivity contribution is 0.355. The van der Waals surface area contributed by atoms with Crippen LogP contribution in [0.2, 0.25) is 0 Å². The van der Waals surface area contributed by atoms with Gasteiger partial charge in [0.25, 0.3) is 0 Å². The zero-order chi connectivity index (χ0) is 17.1. The molecule has 5 nitrogen and oxygen atoms in total. The molecule has 0 aliphatic rings. The second kappa shape index (κ2) is 6.88. The van der Waals surface area contributed by atoms with Crippen molar-refractivity contribution in [3.8, 4) is 11.5 Å². The molecule has 0 aliphatic carbocycles. The molecule has 24 heavy (non-hydrogen) atoms. The van der Waals surface area contributed by atoms with Crippen molar-refractivity contribution in [2.45, 2.75) is 13.0 Å². The first-order valence-corrected chi connectivity index (χ1v) is 7.72. The topological polar surface area (TPSA) is 62.3 Å². The Balaban J connectivity index is 2.11. The van der Waals surface area contributed by atoms with Crippen LogP contribution in [0.1, 0.15) is 11.4 Å². The van der Waals surface area contributed by atoms with Crippen molar-refractivity contribution in [3.05, 3.63) is 53.6 Å². The number of fused-ring (bicyclic) bond motifs is 1. The number of ether oxygens (including phenoxy) is 2. The van der Waals surface area contributed by atoms with Crippen LogP contribution in [0, 0.1) is 5.82 Å². The van der Waals surface area contributed by atoms with Crippen LogP contribution in [-0.4, -0.2) is 30.3 Å². The van der Waals surface area contributed by atoms with E-state index in [1.807, 2.05) is 12.1 Å². The first-order chi connectivity index (χ1) is 11.7. The summed E-state index contributed by atoms with van der Waals surface area (Å²) in [6.07, 6.45) is 0.653. The Morgan fingerprint density at radius 3 is 2.38 bits per heavy atom. The van der Waals surface area contributed by atoms with Gasteiger partial charge in [-0.15, -0.1) is 0 Å². The summed E-state index contributed by atoms with van der Waals surface area (Å²) < 4.78 is 26.0. The fourth-order valence-corrected chi connectivity index (χ4v) is 2.77. The zero-order valence-electron chi connectivity index (χ0n) is 13.8.